The van der Waals surface area contributed by atoms with E-state index in [9.17, 15) is 4.79 Å². The lowest BCUT2D eigenvalue weighted by atomic mass is 10.2. The minimum Gasteiger partial charge on any atom is -0.477 e. The number of benzene rings is 1. The lowest BCUT2D eigenvalue weighted by molar-refractivity contribution is 0.0685. The summed E-state index contributed by atoms with van der Waals surface area (Å²) >= 11 is 1.67. The Morgan fingerprint density at radius 2 is 2.21 bits per heavy atom. The van der Waals surface area contributed by atoms with Gasteiger partial charge in [-0.15, -0.1) is 11.3 Å². The molecule has 5 heteroatoms. The first-order chi connectivity index (χ1) is 9.16. The van der Waals surface area contributed by atoms with Gasteiger partial charge in [0.25, 0.3) is 0 Å². The van der Waals surface area contributed by atoms with Crippen molar-refractivity contribution in [2.75, 3.05) is 0 Å². The highest BCUT2D eigenvalue weighted by molar-refractivity contribution is 7.17. The van der Waals surface area contributed by atoms with Crippen LogP contribution in [0.2, 0.25) is 0 Å². The van der Waals surface area contributed by atoms with Crippen LogP contribution in [-0.4, -0.2) is 20.6 Å². The van der Waals surface area contributed by atoms with Gasteiger partial charge in [-0.2, -0.15) is 0 Å². The van der Waals surface area contributed by atoms with Crippen LogP contribution < -0.4 is 0 Å². The maximum atomic E-state index is 11.2. The minimum absolute atomic E-state index is 0.229. The molecule has 2 heterocycles. The molecule has 1 aromatic carbocycles. The number of hydrogen-bond acceptors (Lipinski definition) is 3. The molecule has 0 bridgehead atoms. The molecular formula is C14H12N2O2S. The van der Waals surface area contributed by atoms with Crippen LogP contribution in [0.4, 0.5) is 0 Å². The molecule has 0 aliphatic rings. The molecule has 1 N–H and O–H groups in total. The molecule has 96 valence electrons. The summed E-state index contributed by atoms with van der Waals surface area (Å²) in [6.45, 7) is 2.36. The number of aromatic nitrogens is 2. The minimum atomic E-state index is -0.944. The van der Waals surface area contributed by atoms with Crippen molar-refractivity contribution in [3.8, 4) is 0 Å². The molecule has 4 nitrogen and oxygen atoms in total. The molecule has 0 atom stereocenters. The summed E-state index contributed by atoms with van der Waals surface area (Å²) in [5, 5.41) is 12.4. The summed E-state index contributed by atoms with van der Waals surface area (Å²) in [6, 6.07) is 8.14. The average molecular weight is 272 g/mol. The molecule has 0 radical (unpaired) electrons. The van der Waals surface area contributed by atoms with Crippen LogP contribution in [0.3, 0.4) is 0 Å². The van der Waals surface area contributed by atoms with Crippen molar-refractivity contribution in [1.82, 2.24) is 9.55 Å². The van der Waals surface area contributed by atoms with Crippen molar-refractivity contribution in [3.05, 3.63) is 52.9 Å². The second kappa shape index (κ2) is 4.51. The molecule has 19 heavy (non-hydrogen) atoms. The molecule has 0 aliphatic heterocycles. The molecular weight excluding hydrogens is 260 g/mol. The van der Waals surface area contributed by atoms with Crippen molar-refractivity contribution < 1.29 is 9.90 Å². The van der Waals surface area contributed by atoms with E-state index in [-0.39, 0.29) is 5.69 Å². The summed E-state index contributed by atoms with van der Waals surface area (Å²) in [7, 11) is 0. The Morgan fingerprint density at radius 1 is 1.42 bits per heavy atom. The zero-order valence-electron chi connectivity index (χ0n) is 10.3. The molecule has 0 saturated carbocycles. The van der Waals surface area contributed by atoms with Gasteiger partial charge in [0.15, 0.2) is 0 Å². The fraction of sp³-hybridized carbons (Fsp3) is 0.143. The Labute approximate surface area is 113 Å². The highest BCUT2D eigenvalue weighted by Crippen LogP contribution is 2.26. The Bertz CT molecular complexity index is 758. The number of aryl methyl sites for hydroxylation is 1. The highest BCUT2D eigenvalue weighted by Gasteiger charge is 2.14. The van der Waals surface area contributed by atoms with Crippen LogP contribution in [0.25, 0.3) is 10.1 Å². The third kappa shape index (κ3) is 2.02. The van der Waals surface area contributed by atoms with Crippen LogP contribution >= 0.6 is 11.3 Å². The first-order valence-corrected chi connectivity index (χ1v) is 6.75. The summed E-state index contributed by atoms with van der Waals surface area (Å²) in [5.74, 6) is -0.229. The SMILES string of the molecule is Cc1ncc(C(=O)O)n1Cc1csc2ccccc12. The van der Waals surface area contributed by atoms with Crippen LogP contribution in [0.5, 0.6) is 0 Å². The predicted molar refractivity (Wildman–Crippen MR) is 74.9 cm³/mol. The fourth-order valence-corrected chi connectivity index (χ4v) is 3.12. The van der Waals surface area contributed by atoms with Gasteiger partial charge in [0.05, 0.1) is 12.7 Å². The van der Waals surface area contributed by atoms with E-state index in [1.807, 2.05) is 19.1 Å². The smallest absolute Gasteiger partial charge is 0.354 e. The maximum Gasteiger partial charge on any atom is 0.354 e. The number of carboxylic acid groups (broad SMARTS) is 1. The molecule has 2 aromatic heterocycles. The Hall–Kier alpha value is -2.14. The standard InChI is InChI=1S/C14H12N2O2S/c1-9-15-6-12(14(17)18)16(9)7-10-8-19-13-5-3-2-4-11(10)13/h2-6,8H,7H2,1H3,(H,17,18). The van der Waals surface area contributed by atoms with E-state index >= 15 is 0 Å². The Morgan fingerprint density at radius 3 is 3.00 bits per heavy atom. The number of thiophene rings is 1. The van der Waals surface area contributed by atoms with Gasteiger partial charge in [0.1, 0.15) is 11.5 Å². The third-order valence-electron chi connectivity index (χ3n) is 3.16. The van der Waals surface area contributed by atoms with Gasteiger partial charge in [0, 0.05) is 4.70 Å². The lowest BCUT2D eigenvalue weighted by Crippen LogP contribution is -2.10. The van der Waals surface area contributed by atoms with E-state index in [2.05, 4.69) is 22.5 Å². The summed E-state index contributed by atoms with van der Waals surface area (Å²) < 4.78 is 2.95. The van der Waals surface area contributed by atoms with Crippen molar-refractivity contribution >= 4 is 27.4 Å². The summed E-state index contributed by atoms with van der Waals surface area (Å²) in [6.07, 6.45) is 1.41. The number of hydrogen-bond donors (Lipinski definition) is 1. The molecule has 0 spiro atoms. The predicted octanol–water partition coefficient (Wildman–Crippen LogP) is 3.15. The molecule has 3 aromatic rings. The molecule has 0 fully saturated rings. The Balaban J connectivity index is 2.06. The molecule has 0 unspecified atom stereocenters. The van der Waals surface area contributed by atoms with E-state index in [1.54, 1.807) is 15.9 Å². The second-order valence-electron chi connectivity index (χ2n) is 4.34. The highest BCUT2D eigenvalue weighted by atomic mass is 32.1. The van der Waals surface area contributed by atoms with Crippen molar-refractivity contribution in [3.63, 3.8) is 0 Å². The van der Waals surface area contributed by atoms with Gasteiger partial charge >= 0.3 is 5.97 Å². The van der Waals surface area contributed by atoms with Gasteiger partial charge < -0.3 is 9.67 Å². The maximum absolute atomic E-state index is 11.2. The average Bonchev–Trinajstić information content (AvgIpc) is 2.96. The quantitative estimate of drug-likeness (QED) is 0.796. The van der Waals surface area contributed by atoms with Crippen LogP contribution in [0.15, 0.2) is 35.8 Å². The Kier molecular flexibility index (Phi) is 2.83. The molecule has 0 amide bonds. The van der Waals surface area contributed by atoms with Gasteiger partial charge in [0.2, 0.25) is 0 Å². The van der Waals surface area contributed by atoms with E-state index in [4.69, 9.17) is 5.11 Å². The first kappa shape index (κ1) is 11.9. The van der Waals surface area contributed by atoms with Crippen LogP contribution in [0.1, 0.15) is 21.9 Å². The largest absolute Gasteiger partial charge is 0.477 e. The van der Waals surface area contributed by atoms with Crippen molar-refractivity contribution in [1.29, 1.82) is 0 Å². The zero-order chi connectivity index (χ0) is 13.4. The van der Waals surface area contributed by atoms with Gasteiger partial charge in [-0.1, -0.05) is 18.2 Å². The van der Waals surface area contributed by atoms with Gasteiger partial charge in [-0.3, -0.25) is 0 Å². The number of carbonyl (C=O) groups is 1. The van der Waals surface area contributed by atoms with E-state index in [0.717, 1.165) is 5.56 Å². The van der Waals surface area contributed by atoms with Crippen LogP contribution in [0, 0.1) is 6.92 Å². The normalized spacial score (nSPS) is 11.0. The van der Waals surface area contributed by atoms with E-state index in [1.165, 1.54) is 16.3 Å². The number of rotatable bonds is 3. The third-order valence-corrected chi connectivity index (χ3v) is 4.18. The number of carboxylic acids is 1. The second-order valence-corrected chi connectivity index (χ2v) is 5.25. The van der Waals surface area contributed by atoms with Crippen LogP contribution in [-0.2, 0) is 6.54 Å². The fourth-order valence-electron chi connectivity index (χ4n) is 2.16. The summed E-state index contributed by atoms with van der Waals surface area (Å²) in [4.78, 5) is 15.3. The number of aromatic carboxylic acids is 1. The van der Waals surface area contributed by atoms with Gasteiger partial charge in [-0.25, -0.2) is 9.78 Å². The number of fused-ring (bicyclic) bond motifs is 1. The van der Waals surface area contributed by atoms with E-state index < -0.39 is 5.97 Å². The first-order valence-electron chi connectivity index (χ1n) is 5.87. The number of nitrogens with zero attached hydrogens (tertiary/aromatic N) is 2. The molecule has 3 rings (SSSR count). The monoisotopic (exact) mass is 272 g/mol. The van der Waals surface area contributed by atoms with Crippen molar-refractivity contribution in [2.24, 2.45) is 0 Å². The van der Waals surface area contributed by atoms with Crippen molar-refractivity contribution in [2.45, 2.75) is 13.5 Å². The van der Waals surface area contributed by atoms with E-state index in [0.29, 0.717) is 12.4 Å². The number of imidazole rings is 1. The lowest BCUT2D eigenvalue weighted by Gasteiger charge is -2.07. The molecule has 0 saturated heterocycles. The zero-order valence-corrected chi connectivity index (χ0v) is 11.1. The van der Waals surface area contributed by atoms with Gasteiger partial charge in [-0.05, 0) is 29.3 Å². The molecule has 0 aliphatic carbocycles. The topological polar surface area (TPSA) is 55.1 Å². The summed E-state index contributed by atoms with van der Waals surface area (Å²) in [5.41, 5.74) is 1.36.